The number of nitrogens with one attached hydrogen (secondary N) is 1. The maximum absolute atomic E-state index is 13.5. The lowest BCUT2D eigenvalue weighted by atomic mass is 9.73. The van der Waals surface area contributed by atoms with Gasteiger partial charge in [0, 0.05) is 23.9 Å². The van der Waals surface area contributed by atoms with Crippen molar-refractivity contribution in [2.75, 3.05) is 18.5 Å². The zero-order valence-corrected chi connectivity index (χ0v) is 18.4. The lowest BCUT2D eigenvalue weighted by Crippen LogP contribution is -2.44. The summed E-state index contributed by atoms with van der Waals surface area (Å²) in [6.45, 7) is 9.34. The number of ether oxygens (including phenoxy) is 2. The lowest BCUT2D eigenvalue weighted by Gasteiger charge is -2.36. The van der Waals surface area contributed by atoms with Crippen molar-refractivity contribution in [3.05, 3.63) is 58.1 Å². The van der Waals surface area contributed by atoms with E-state index in [0.717, 1.165) is 34.5 Å². The first-order valence-electron chi connectivity index (χ1n) is 10.3. The van der Waals surface area contributed by atoms with E-state index in [1.165, 1.54) is 0 Å². The molecular weight excluding hydrogens is 386 g/mol. The first-order valence-corrected chi connectivity index (χ1v) is 10.7. The number of carbonyl (C=O) groups excluding carboxylic acids is 1. The standard InChI is InChI=1S/C24H30ClNO3/c1-5-18(4)29-22-16(2)14-21(15-17(22)3)26-23(27)24(10-12-28-13-11-24)19-6-8-20(25)9-7-19/h6-9,14-15,18H,5,10-13H2,1-4H3,(H,26,27). The highest BCUT2D eigenvalue weighted by Gasteiger charge is 2.41. The average Bonchev–Trinajstić information content (AvgIpc) is 2.71. The summed E-state index contributed by atoms with van der Waals surface area (Å²) in [5.74, 6) is 0.897. The smallest absolute Gasteiger partial charge is 0.235 e. The third kappa shape index (κ3) is 4.76. The molecule has 1 saturated heterocycles. The molecule has 0 aromatic heterocycles. The zero-order valence-electron chi connectivity index (χ0n) is 17.7. The van der Waals surface area contributed by atoms with Crippen molar-refractivity contribution in [2.24, 2.45) is 0 Å². The molecular formula is C24H30ClNO3. The van der Waals surface area contributed by atoms with Crippen LogP contribution in [0.1, 0.15) is 49.8 Å². The van der Waals surface area contributed by atoms with Crippen molar-refractivity contribution in [2.45, 2.75) is 58.5 Å². The number of amides is 1. The molecule has 2 aromatic carbocycles. The number of anilines is 1. The molecule has 1 N–H and O–H groups in total. The van der Waals surface area contributed by atoms with Crippen LogP contribution in [0, 0.1) is 13.8 Å². The van der Waals surface area contributed by atoms with Gasteiger partial charge in [-0.15, -0.1) is 0 Å². The van der Waals surface area contributed by atoms with Crippen LogP contribution in [0.3, 0.4) is 0 Å². The highest BCUT2D eigenvalue weighted by atomic mass is 35.5. The number of aryl methyl sites for hydroxylation is 2. The summed E-state index contributed by atoms with van der Waals surface area (Å²) < 4.78 is 11.6. The van der Waals surface area contributed by atoms with E-state index in [2.05, 4.69) is 19.2 Å². The predicted octanol–water partition coefficient (Wildman–Crippen LogP) is 5.82. The van der Waals surface area contributed by atoms with Gasteiger partial charge in [0.2, 0.25) is 5.91 Å². The first-order chi connectivity index (χ1) is 13.9. The topological polar surface area (TPSA) is 47.6 Å². The van der Waals surface area contributed by atoms with Crippen molar-refractivity contribution in [3.8, 4) is 5.75 Å². The Morgan fingerprint density at radius 1 is 1.17 bits per heavy atom. The van der Waals surface area contributed by atoms with Gasteiger partial charge in [0.05, 0.1) is 11.5 Å². The second-order valence-corrected chi connectivity index (χ2v) is 8.37. The van der Waals surface area contributed by atoms with E-state index in [1.807, 2.05) is 50.2 Å². The Kier molecular flexibility index (Phi) is 6.86. The van der Waals surface area contributed by atoms with Crippen LogP contribution < -0.4 is 10.1 Å². The van der Waals surface area contributed by atoms with Gasteiger partial charge >= 0.3 is 0 Å². The van der Waals surface area contributed by atoms with Crippen LogP contribution in [0.25, 0.3) is 0 Å². The van der Waals surface area contributed by atoms with Crippen LogP contribution in [0.5, 0.6) is 5.75 Å². The largest absolute Gasteiger partial charge is 0.490 e. The first kappa shape index (κ1) is 21.7. The van der Waals surface area contributed by atoms with E-state index in [0.29, 0.717) is 31.1 Å². The minimum Gasteiger partial charge on any atom is -0.490 e. The maximum atomic E-state index is 13.5. The Bertz CT molecular complexity index is 834. The Morgan fingerprint density at radius 2 is 1.76 bits per heavy atom. The van der Waals surface area contributed by atoms with E-state index >= 15 is 0 Å². The Labute approximate surface area is 178 Å². The molecule has 4 nitrogen and oxygen atoms in total. The molecule has 3 rings (SSSR count). The van der Waals surface area contributed by atoms with E-state index in [1.54, 1.807) is 0 Å². The van der Waals surface area contributed by atoms with E-state index in [-0.39, 0.29) is 12.0 Å². The Morgan fingerprint density at radius 3 is 2.31 bits per heavy atom. The fraction of sp³-hybridized carbons (Fsp3) is 0.458. The summed E-state index contributed by atoms with van der Waals surface area (Å²) in [5, 5.41) is 3.82. The summed E-state index contributed by atoms with van der Waals surface area (Å²) in [7, 11) is 0. The molecule has 2 aromatic rings. The van der Waals surface area contributed by atoms with Gasteiger partial charge < -0.3 is 14.8 Å². The molecule has 0 radical (unpaired) electrons. The molecule has 1 fully saturated rings. The minimum absolute atomic E-state index is 0.00230. The Hall–Kier alpha value is -2.04. The predicted molar refractivity (Wildman–Crippen MR) is 118 cm³/mol. The summed E-state index contributed by atoms with van der Waals surface area (Å²) in [6.07, 6.45) is 2.40. The molecule has 1 unspecified atom stereocenters. The van der Waals surface area contributed by atoms with Gasteiger partial charge in [0.25, 0.3) is 0 Å². The molecule has 0 aliphatic carbocycles. The minimum atomic E-state index is -0.615. The second kappa shape index (κ2) is 9.19. The normalized spacial score (nSPS) is 16.9. The molecule has 1 heterocycles. The third-order valence-corrected chi connectivity index (χ3v) is 6.04. The number of carbonyl (C=O) groups is 1. The molecule has 0 spiro atoms. The monoisotopic (exact) mass is 415 g/mol. The SMILES string of the molecule is CCC(C)Oc1c(C)cc(NC(=O)C2(c3ccc(Cl)cc3)CCOCC2)cc1C. The van der Waals surface area contributed by atoms with Crippen LogP contribution in [0.2, 0.25) is 5.02 Å². The number of rotatable bonds is 6. The van der Waals surface area contributed by atoms with Gasteiger partial charge in [-0.25, -0.2) is 0 Å². The molecule has 0 saturated carbocycles. The number of hydrogen-bond acceptors (Lipinski definition) is 3. The molecule has 1 aliphatic rings. The van der Waals surface area contributed by atoms with Crippen molar-refractivity contribution < 1.29 is 14.3 Å². The molecule has 156 valence electrons. The zero-order chi connectivity index (χ0) is 21.0. The molecule has 29 heavy (non-hydrogen) atoms. The van der Waals surface area contributed by atoms with Gasteiger partial charge in [-0.2, -0.15) is 0 Å². The van der Waals surface area contributed by atoms with Crippen LogP contribution in [0.15, 0.2) is 36.4 Å². The van der Waals surface area contributed by atoms with E-state index < -0.39 is 5.41 Å². The highest BCUT2D eigenvalue weighted by Crippen LogP contribution is 2.37. The van der Waals surface area contributed by atoms with Gasteiger partial charge in [0.15, 0.2) is 0 Å². The number of hydrogen-bond donors (Lipinski definition) is 1. The Balaban J connectivity index is 1.87. The maximum Gasteiger partial charge on any atom is 0.235 e. The molecule has 1 amide bonds. The van der Waals surface area contributed by atoms with Crippen LogP contribution in [-0.4, -0.2) is 25.2 Å². The summed E-state index contributed by atoms with van der Waals surface area (Å²) >= 11 is 6.06. The van der Waals surface area contributed by atoms with Gasteiger partial charge in [-0.1, -0.05) is 30.7 Å². The average molecular weight is 416 g/mol. The summed E-state index contributed by atoms with van der Waals surface area (Å²) in [4.78, 5) is 13.5. The second-order valence-electron chi connectivity index (χ2n) is 7.93. The van der Waals surface area contributed by atoms with Gasteiger partial charge in [-0.05, 0) is 81.0 Å². The quantitative estimate of drug-likeness (QED) is 0.646. The van der Waals surface area contributed by atoms with Crippen molar-refractivity contribution in [3.63, 3.8) is 0 Å². The van der Waals surface area contributed by atoms with Crippen molar-refractivity contribution in [1.29, 1.82) is 0 Å². The van der Waals surface area contributed by atoms with E-state index in [4.69, 9.17) is 21.1 Å². The highest BCUT2D eigenvalue weighted by molar-refractivity contribution is 6.30. The molecule has 1 atom stereocenters. The molecule has 0 bridgehead atoms. The third-order valence-electron chi connectivity index (χ3n) is 5.79. The molecule has 5 heteroatoms. The van der Waals surface area contributed by atoms with Crippen LogP contribution in [-0.2, 0) is 14.9 Å². The van der Waals surface area contributed by atoms with Crippen LogP contribution in [0.4, 0.5) is 5.69 Å². The lowest BCUT2D eigenvalue weighted by molar-refractivity contribution is -0.125. The fourth-order valence-electron chi connectivity index (χ4n) is 3.88. The van der Waals surface area contributed by atoms with Crippen LogP contribution >= 0.6 is 11.6 Å². The molecule has 1 aliphatic heterocycles. The van der Waals surface area contributed by atoms with Gasteiger partial charge in [-0.3, -0.25) is 4.79 Å². The number of benzene rings is 2. The van der Waals surface area contributed by atoms with Gasteiger partial charge in [0.1, 0.15) is 5.75 Å². The van der Waals surface area contributed by atoms with E-state index in [9.17, 15) is 4.79 Å². The fourth-order valence-corrected chi connectivity index (χ4v) is 4.01. The summed E-state index contributed by atoms with van der Waals surface area (Å²) in [6, 6.07) is 11.6. The van der Waals surface area contributed by atoms with Crippen molar-refractivity contribution in [1.82, 2.24) is 0 Å². The summed E-state index contributed by atoms with van der Waals surface area (Å²) in [5.41, 5.74) is 3.20. The van der Waals surface area contributed by atoms with Crippen molar-refractivity contribution >= 4 is 23.2 Å². The number of halogens is 1.